The number of carbonyl (C=O) groups excluding carboxylic acids is 1. The van der Waals surface area contributed by atoms with Crippen molar-refractivity contribution in [2.24, 2.45) is 0 Å². The van der Waals surface area contributed by atoms with Crippen molar-refractivity contribution in [2.45, 2.75) is 39.3 Å². The Hall–Kier alpha value is -0.770. The van der Waals surface area contributed by atoms with E-state index in [0.29, 0.717) is 0 Å². The molecule has 2 amide bonds. The van der Waals surface area contributed by atoms with E-state index in [9.17, 15) is 4.79 Å². The SMILES string of the molecule is CC(C)NC(=O)N[C@@H](C)CCN(C)C. The van der Waals surface area contributed by atoms with Crippen LogP contribution in [0.3, 0.4) is 0 Å². The van der Waals surface area contributed by atoms with E-state index < -0.39 is 0 Å². The molecule has 0 aromatic heterocycles. The van der Waals surface area contributed by atoms with Gasteiger partial charge in [-0.25, -0.2) is 4.79 Å². The van der Waals surface area contributed by atoms with Crippen molar-refractivity contribution in [3.05, 3.63) is 0 Å². The Bertz CT molecular complexity index is 169. The zero-order valence-corrected chi connectivity index (χ0v) is 9.92. The largest absolute Gasteiger partial charge is 0.336 e. The highest BCUT2D eigenvalue weighted by atomic mass is 16.2. The maximum absolute atomic E-state index is 11.3. The Morgan fingerprint density at radius 3 is 2.21 bits per heavy atom. The van der Waals surface area contributed by atoms with Crippen molar-refractivity contribution in [1.82, 2.24) is 15.5 Å². The number of rotatable bonds is 5. The van der Waals surface area contributed by atoms with Gasteiger partial charge in [0.15, 0.2) is 0 Å². The molecule has 14 heavy (non-hydrogen) atoms. The van der Waals surface area contributed by atoms with E-state index in [1.165, 1.54) is 0 Å². The zero-order chi connectivity index (χ0) is 11.1. The molecule has 0 fully saturated rings. The Labute approximate surface area is 87.0 Å². The number of hydrogen-bond donors (Lipinski definition) is 2. The second-order valence-corrected chi connectivity index (χ2v) is 4.27. The van der Waals surface area contributed by atoms with Gasteiger partial charge in [0.1, 0.15) is 0 Å². The predicted molar refractivity (Wildman–Crippen MR) is 59.4 cm³/mol. The van der Waals surface area contributed by atoms with Gasteiger partial charge in [-0.3, -0.25) is 0 Å². The summed E-state index contributed by atoms with van der Waals surface area (Å²) < 4.78 is 0. The lowest BCUT2D eigenvalue weighted by Gasteiger charge is -2.18. The van der Waals surface area contributed by atoms with Gasteiger partial charge in [0.05, 0.1) is 0 Å². The summed E-state index contributed by atoms with van der Waals surface area (Å²) in [5, 5.41) is 5.69. The smallest absolute Gasteiger partial charge is 0.315 e. The van der Waals surface area contributed by atoms with Gasteiger partial charge in [-0.15, -0.1) is 0 Å². The Balaban J connectivity index is 3.60. The molecule has 0 spiro atoms. The van der Waals surface area contributed by atoms with Crippen molar-refractivity contribution >= 4 is 6.03 Å². The van der Waals surface area contributed by atoms with E-state index in [-0.39, 0.29) is 18.1 Å². The van der Waals surface area contributed by atoms with Crippen LogP contribution in [0.4, 0.5) is 4.79 Å². The van der Waals surface area contributed by atoms with E-state index in [1.54, 1.807) is 0 Å². The predicted octanol–water partition coefficient (Wildman–Crippen LogP) is 1.03. The summed E-state index contributed by atoms with van der Waals surface area (Å²) >= 11 is 0. The van der Waals surface area contributed by atoms with Crippen LogP contribution < -0.4 is 10.6 Å². The molecule has 0 bridgehead atoms. The van der Waals surface area contributed by atoms with Gasteiger partial charge in [0.25, 0.3) is 0 Å². The van der Waals surface area contributed by atoms with Crippen LogP contribution in [0.2, 0.25) is 0 Å². The molecule has 84 valence electrons. The van der Waals surface area contributed by atoms with Crippen molar-refractivity contribution in [3.8, 4) is 0 Å². The molecule has 0 saturated carbocycles. The Morgan fingerprint density at radius 1 is 1.21 bits per heavy atom. The molecule has 0 heterocycles. The molecule has 0 aromatic carbocycles. The standard InChI is InChI=1S/C10H23N3O/c1-8(2)11-10(14)12-9(3)6-7-13(4)5/h8-9H,6-7H2,1-5H3,(H2,11,12,14)/t9-/m0/s1. The summed E-state index contributed by atoms with van der Waals surface area (Å²) in [5.74, 6) is 0. The normalized spacial score (nSPS) is 13.1. The highest BCUT2D eigenvalue weighted by Gasteiger charge is 2.07. The molecule has 0 unspecified atom stereocenters. The first-order valence-electron chi connectivity index (χ1n) is 5.13. The van der Waals surface area contributed by atoms with E-state index in [2.05, 4.69) is 15.5 Å². The third-order valence-corrected chi connectivity index (χ3v) is 1.81. The maximum Gasteiger partial charge on any atom is 0.315 e. The molecule has 0 aliphatic carbocycles. The fourth-order valence-electron chi connectivity index (χ4n) is 1.05. The van der Waals surface area contributed by atoms with Gasteiger partial charge in [0.2, 0.25) is 0 Å². The minimum Gasteiger partial charge on any atom is -0.336 e. The molecule has 0 aromatic rings. The third-order valence-electron chi connectivity index (χ3n) is 1.81. The summed E-state index contributed by atoms with van der Waals surface area (Å²) in [6, 6.07) is 0.332. The average Bonchev–Trinajstić information content (AvgIpc) is 1.98. The lowest BCUT2D eigenvalue weighted by molar-refractivity contribution is 0.233. The molecule has 0 saturated heterocycles. The topological polar surface area (TPSA) is 44.4 Å². The molecule has 0 aliphatic heterocycles. The molecule has 0 radical (unpaired) electrons. The Morgan fingerprint density at radius 2 is 1.79 bits per heavy atom. The van der Waals surface area contributed by atoms with E-state index in [4.69, 9.17) is 0 Å². The molecular formula is C10H23N3O. The first-order valence-corrected chi connectivity index (χ1v) is 5.13. The van der Waals surface area contributed by atoms with Crippen LogP contribution in [-0.4, -0.2) is 43.7 Å². The number of hydrogen-bond acceptors (Lipinski definition) is 2. The third kappa shape index (κ3) is 7.86. The van der Waals surface area contributed by atoms with Gasteiger partial charge in [-0.2, -0.15) is 0 Å². The monoisotopic (exact) mass is 201 g/mol. The lowest BCUT2D eigenvalue weighted by Crippen LogP contribution is -2.44. The van der Waals surface area contributed by atoms with E-state index in [0.717, 1.165) is 13.0 Å². The number of nitrogens with zero attached hydrogens (tertiary/aromatic N) is 1. The van der Waals surface area contributed by atoms with Gasteiger partial charge in [0, 0.05) is 12.1 Å². The summed E-state index contributed by atoms with van der Waals surface area (Å²) in [6.45, 7) is 6.90. The first-order chi connectivity index (χ1) is 6.41. The van der Waals surface area contributed by atoms with Gasteiger partial charge in [-0.05, 0) is 47.8 Å². The van der Waals surface area contributed by atoms with Crippen LogP contribution in [0.25, 0.3) is 0 Å². The average molecular weight is 201 g/mol. The van der Waals surface area contributed by atoms with Crippen LogP contribution in [0.1, 0.15) is 27.2 Å². The van der Waals surface area contributed by atoms with Gasteiger partial charge in [-0.1, -0.05) is 0 Å². The lowest BCUT2D eigenvalue weighted by atomic mass is 10.2. The van der Waals surface area contributed by atoms with Crippen LogP contribution in [0, 0.1) is 0 Å². The number of carbonyl (C=O) groups is 1. The van der Waals surface area contributed by atoms with Crippen LogP contribution >= 0.6 is 0 Å². The molecule has 0 aliphatic rings. The second-order valence-electron chi connectivity index (χ2n) is 4.27. The van der Waals surface area contributed by atoms with Crippen LogP contribution in [0.15, 0.2) is 0 Å². The van der Waals surface area contributed by atoms with E-state index in [1.807, 2.05) is 34.9 Å². The molecule has 1 atom stereocenters. The second kappa shape index (κ2) is 6.65. The number of nitrogens with one attached hydrogen (secondary N) is 2. The summed E-state index contributed by atoms with van der Waals surface area (Å²) in [6.07, 6.45) is 0.971. The summed E-state index contributed by atoms with van der Waals surface area (Å²) in [4.78, 5) is 13.4. The fourth-order valence-corrected chi connectivity index (χ4v) is 1.05. The van der Waals surface area contributed by atoms with Crippen molar-refractivity contribution < 1.29 is 4.79 Å². The quantitative estimate of drug-likeness (QED) is 0.698. The molecule has 4 nitrogen and oxygen atoms in total. The molecular weight excluding hydrogens is 178 g/mol. The zero-order valence-electron chi connectivity index (χ0n) is 9.92. The fraction of sp³-hybridized carbons (Fsp3) is 0.900. The van der Waals surface area contributed by atoms with Gasteiger partial charge >= 0.3 is 6.03 Å². The van der Waals surface area contributed by atoms with Crippen LogP contribution in [-0.2, 0) is 0 Å². The van der Waals surface area contributed by atoms with Gasteiger partial charge < -0.3 is 15.5 Å². The number of urea groups is 1. The first kappa shape index (κ1) is 13.2. The van der Waals surface area contributed by atoms with Crippen molar-refractivity contribution in [1.29, 1.82) is 0 Å². The number of amides is 2. The van der Waals surface area contributed by atoms with Crippen LogP contribution in [0.5, 0.6) is 0 Å². The molecule has 2 N–H and O–H groups in total. The minimum absolute atomic E-state index is 0.0775. The Kier molecular flexibility index (Phi) is 6.28. The minimum atomic E-state index is -0.0775. The van der Waals surface area contributed by atoms with Crippen molar-refractivity contribution in [2.75, 3.05) is 20.6 Å². The molecule has 0 rings (SSSR count). The molecule has 4 heteroatoms. The summed E-state index contributed by atoms with van der Waals surface area (Å²) in [7, 11) is 4.06. The van der Waals surface area contributed by atoms with E-state index >= 15 is 0 Å². The maximum atomic E-state index is 11.3. The highest BCUT2D eigenvalue weighted by Crippen LogP contribution is 1.92. The highest BCUT2D eigenvalue weighted by molar-refractivity contribution is 5.74. The van der Waals surface area contributed by atoms with Crippen molar-refractivity contribution in [3.63, 3.8) is 0 Å². The summed E-state index contributed by atoms with van der Waals surface area (Å²) in [5.41, 5.74) is 0.